The summed E-state index contributed by atoms with van der Waals surface area (Å²) in [5.41, 5.74) is 5.26. The molecule has 0 bridgehead atoms. The van der Waals surface area contributed by atoms with Gasteiger partial charge in [0, 0.05) is 13.1 Å². The summed E-state index contributed by atoms with van der Waals surface area (Å²) < 4.78 is 5.49. The third-order valence-electron chi connectivity index (χ3n) is 2.47. The molecule has 4 nitrogen and oxygen atoms in total. The second-order valence-electron chi connectivity index (χ2n) is 3.71. The molecule has 0 atom stereocenters. The van der Waals surface area contributed by atoms with E-state index in [1.165, 1.54) is 19.3 Å². The fourth-order valence-corrected chi connectivity index (χ4v) is 1.69. The second-order valence-corrected chi connectivity index (χ2v) is 3.71. The van der Waals surface area contributed by atoms with Crippen molar-refractivity contribution in [3.05, 3.63) is 0 Å². The minimum absolute atomic E-state index is 0.0546. The molecule has 0 spiro atoms. The van der Waals surface area contributed by atoms with Crippen LogP contribution in [0.5, 0.6) is 0 Å². The first kappa shape index (κ1) is 11.5. The lowest BCUT2D eigenvalue weighted by molar-refractivity contribution is -0.128. The van der Waals surface area contributed by atoms with E-state index in [2.05, 4.69) is 5.32 Å². The quantitative estimate of drug-likeness (QED) is 0.675. The summed E-state index contributed by atoms with van der Waals surface area (Å²) in [6.45, 7) is 1.20. The Balaban J connectivity index is 2.03. The van der Waals surface area contributed by atoms with E-state index >= 15 is 0 Å². The van der Waals surface area contributed by atoms with Crippen molar-refractivity contribution in [1.82, 2.24) is 5.32 Å². The molecule has 0 radical (unpaired) electrons. The molecule has 1 aliphatic rings. The Morgan fingerprint density at radius 3 is 2.71 bits per heavy atom. The van der Waals surface area contributed by atoms with Crippen molar-refractivity contribution >= 4 is 5.91 Å². The molecule has 0 aliphatic heterocycles. The molecule has 1 saturated carbocycles. The average Bonchev–Trinajstić information content (AvgIpc) is 2.25. The molecule has 82 valence electrons. The third-order valence-corrected chi connectivity index (χ3v) is 2.47. The van der Waals surface area contributed by atoms with Crippen LogP contribution in [0, 0.1) is 0 Å². The van der Waals surface area contributed by atoms with Gasteiger partial charge in [0.2, 0.25) is 5.91 Å². The van der Waals surface area contributed by atoms with Crippen molar-refractivity contribution in [3.63, 3.8) is 0 Å². The largest absolute Gasteiger partial charge is 0.368 e. The fourth-order valence-electron chi connectivity index (χ4n) is 1.69. The Morgan fingerprint density at radius 1 is 1.36 bits per heavy atom. The normalized spacial score (nSPS) is 18.1. The van der Waals surface area contributed by atoms with Crippen LogP contribution in [-0.2, 0) is 9.53 Å². The van der Waals surface area contributed by atoms with Crippen molar-refractivity contribution in [2.45, 2.75) is 38.2 Å². The number of nitrogens with one attached hydrogen (secondary N) is 1. The SMILES string of the molecule is NCCNC(=O)COC1CCCCC1. The first-order valence-corrected chi connectivity index (χ1v) is 5.41. The Bertz CT molecular complexity index is 168. The molecule has 1 aliphatic carbocycles. The van der Waals surface area contributed by atoms with Gasteiger partial charge >= 0.3 is 0 Å². The molecule has 1 fully saturated rings. The molecular weight excluding hydrogens is 180 g/mol. The van der Waals surface area contributed by atoms with Gasteiger partial charge in [0.05, 0.1) is 6.10 Å². The predicted molar refractivity (Wildman–Crippen MR) is 54.9 cm³/mol. The van der Waals surface area contributed by atoms with Crippen LogP contribution >= 0.6 is 0 Å². The second kappa shape index (κ2) is 6.79. The van der Waals surface area contributed by atoms with E-state index in [-0.39, 0.29) is 12.5 Å². The lowest BCUT2D eigenvalue weighted by atomic mass is 9.98. The van der Waals surface area contributed by atoms with Crippen molar-refractivity contribution in [2.75, 3.05) is 19.7 Å². The molecule has 0 saturated heterocycles. The highest BCUT2D eigenvalue weighted by atomic mass is 16.5. The van der Waals surface area contributed by atoms with Gasteiger partial charge in [0.15, 0.2) is 0 Å². The monoisotopic (exact) mass is 200 g/mol. The molecule has 4 heteroatoms. The zero-order valence-corrected chi connectivity index (χ0v) is 8.63. The summed E-state index contributed by atoms with van der Waals surface area (Å²) >= 11 is 0. The lowest BCUT2D eigenvalue weighted by Gasteiger charge is -2.21. The average molecular weight is 200 g/mol. The van der Waals surface area contributed by atoms with Gasteiger partial charge in [0.25, 0.3) is 0 Å². The van der Waals surface area contributed by atoms with Crippen LogP contribution in [0.2, 0.25) is 0 Å². The van der Waals surface area contributed by atoms with Gasteiger partial charge in [-0.3, -0.25) is 4.79 Å². The van der Waals surface area contributed by atoms with Crippen molar-refractivity contribution in [3.8, 4) is 0 Å². The number of carbonyl (C=O) groups is 1. The summed E-state index contributed by atoms with van der Waals surface area (Å²) in [7, 11) is 0. The Morgan fingerprint density at radius 2 is 2.07 bits per heavy atom. The lowest BCUT2D eigenvalue weighted by Crippen LogP contribution is -2.33. The summed E-state index contributed by atoms with van der Waals surface area (Å²) in [6, 6.07) is 0. The predicted octanol–water partition coefficient (Wildman–Crippen LogP) is 0.411. The highest BCUT2D eigenvalue weighted by Crippen LogP contribution is 2.19. The van der Waals surface area contributed by atoms with Crippen LogP contribution in [-0.4, -0.2) is 31.7 Å². The summed E-state index contributed by atoms with van der Waals surface area (Å²) in [5, 5.41) is 2.68. The van der Waals surface area contributed by atoms with Crippen LogP contribution in [0.1, 0.15) is 32.1 Å². The Kier molecular flexibility index (Phi) is 5.56. The maximum Gasteiger partial charge on any atom is 0.246 e. The Hall–Kier alpha value is -0.610. The molecular formula is C10H20N2O2. The smallest absolute Gasteiger partial charge is 0.246 e. The number of ether oxygens (including phenoxy) is 1. The minimum atomic E-state index is -0.0546. The van der Waals surface area contributed by atoms with Crippen LogP contribution in [0.4, 0.5) is 0 Å². The Labute approximate surface area is 85.2 Å². The van der Waals surface area contributed by atoms with E-state index in [1.54, 1.807) is 0 Å². The van der Waals surface area contributed by atoms with Crippen LogP contribution < -0.4 is 11.1 Å². The van der Waals surface area contributed by atoms with Crippen molar-refractivity contribution in [2.24, 2.45) is 5.73 Å². The molecule has 0 aromatic rings. The summed E-state index contributed by atoms with van der Waals surface area (Å²) in [5.74, 6) is -0.0546. The number of amides is 1. The molecule has 0 aromatic heterocycles. The highest BCUT2D eigenvalue weighted by Gasteiger charge is 2.14. The fraction of sp³-hybridized carbons (Fsp3) is 0.900. The van der Waals surface area contributed by atoms with Gasteiger partial charge in [-0.15, -0.1) is 0 Å². The number of nitrogens with two attached hydrogens (primary N) is 1. The van der Waals surface area contributed by atoms with E-state index in [1.807, 2.05) is 0 Å². The maximum atomic E-state index is 11.2. The number of hydrogen-bond donors (Lipinski definition) is 2. The van der Waals surface area contributed by atoms with Gasteiger partial charge in [-0.1, -0.05) is 19.3 Å². The van der Waals surface area contributed by atoms with E-state index in [0.717, 1.165) is 12.8 Å². The zero-order chi connectivity index (χ0) is 10.2. The number of rotatable bonds is 5. The number of carbonyl (C=O) groups excluding carboxylic acids is 1. The number of hydrogen-bond acceptors (Lipinski definition) is 3. The minimum Gasteiger partial charge on any atom is -0.368 e. The molecule has 14 heavy (non-hydrogen) atoms. The van der Waals surface area contributed by atoms with E-state index in [0.29, 0.717) is 19.2 Å². The van der Waals surface area contributed by atoms with Crippen molar-refractivity contribution < 1.29 is 9.53 Å². The summed E-state index contributed by atoms with van der Waals surface area (Å²) in [6.07, 6.45) is 6.27. The van der Waals surface area contributed by atoms with Gasteiger partial charge in [-0.2, -0.15) is 0 Å². The maximum absolute atomic E-state index is 11.2. The van der Waals surface area contributed by atoms with E-state index < -0.39 is 0 Å². The van der Waals surface area contributed by atoms with E-state index in [9.17, 15) is 4.79 Å². The first-order valence-electron chi connectivity index (χ1n) is 5.41. The van der Waals surface area contributed by atoms with Gasteiger partial charge in [0.1, 0.15) is 6.61 Å². The molecule has 0 heterocycles. The van der Waals surface area contributed by atoms with Crippen LogP contribution in [0.15, 0.2) is 0 Å². The molecule has 0 aromatic carbocycles. The first-order chi connectivity index (χ1) is 6.83. The van der Waals surface area contributed by atoms with E-state index in [4.69, 9.17) is 10.5 Å². The molecule has 1 rings (SSSR count). The van der Waals surface area contributed by atoms with Crippen LogP contribution in [0.25, 0.3) is 0 Å². The molecule has 1 amide bonds. The van der Waals surface area contributed by atoms with Gasteiger partial charge in [-0.25, -0.2) is 0 Å². The standard InChI is InChI=1S/C10H20N2O2/c11-6-7-12-10(13)8-14-9-4-2-1-3-5-9/h9H,1-8,11H2,(H,12,13). The zero-order valence-electron chi connectivity index (χ0n) is 8.63. The van der Waals surface area contributed by atoms with Gasteiger partial charge < -0.3 is 15.8 Å². The topological polar surface area (TPSA) is 64.3 Å². The molecule has 3 N–H and O–H groups in total. The van der Waals surface area contributed by atoms with Gasteiger partial charge in [-0.05, 0) is 12.8 Å². The summed E-state index contributed by atoms with van der Waals surface area (Å²) in [4.78, 5) is 11.2. The van der Waals surface area contributed by atoms with Crippen molar-refractivity contribution in [1.29, 1.82) is 0 Å². The molecule has 0 unspecified atom stereocenters. The third kappa shape index (κ3) is 4.58. The van der Waals surface area contributed by atoms with Crippen LogP contribution in [0.3, 0.4) is 0 Å². The highest BCUT2D eigenvalue weighted by molar-refractivity contribution is 5.77.